The number of aliphatic hydroxyl groups is 1. The lowest BCUT2D eigenvalue weighted by Gasteiger charge is -2.39. The van der Waals surface area contributed by atoms with Gasteiger partial charge in [0.2, 0.25) is 0 Å². The van der Waals surface area contributed by atoms with Crippen LogP contribution in [0.15, 0.2) is 12.2 Å². The van der Waals surface area contributed by atoms with Gasteiger partial charge in [-0.1, -0.05) is 6.58 Å². The number of rotatable bonds is 17. The molecule has 0 aliphatic carbocycles. The Bertz CT molecular complexity index is 1300. The molecule has 0 aliphatic heterocycles. The Balaban J connectivity index is 0. The molecule has 54 heavy (non-hydrogen) atoms. The van der Waals surface area contributed by atoms with Gasteiger partial charge >= 0.3 is 83.5 Å². The fourth-order valence-electron chi connectivity index (χ4n) is 2.88. The molecule has 1 N–H and O–H groups in total. The Morgan fingerprint density at radius 3 is 0.963 bits per heavy atom. The first kappa shape index (κ1) is 52.9. The Kier molecular flexibility index (Phi) is 15.8. The van der Waals surface area contributed by atoms with Crippen LogP contribution in [0.25, 0.3) is 0 Å². The molecule has 0 saturated carbocycles. The molecule has 5 nitrogen and oxygen atoms in total. The first-order valence-electron chi connectivity index (χ1n) is 12.8. The van der Waals surface area contributed by atoms with E-state index in [2.05, 4.69) is 16.1 Å². The molecular formula is C23H18F26O5. The molecule has 0 bridgehead atoms. The number of alkyl halides is 26. The van der Waals surface area contributed by atoms with Crippen molar-refractivity contribution in [2.45, 2.75) is 97.8 Å². The van der Waals surface area contributed by atoms with Crippen molar-refractivity contribution in [3.05, 3.63) is 12.2 Å². The van der Waals surface area contributed by atoms with Gasteiger partial charge in [0, 0.05) is 12.2 Å². The zero-order chi connectivity index (χ0) is 44.4. The molecule has 0 heterocycles. The van der Waals surface area contributed by atoms with Crippen molar-refractivity contribution in [2.75, 3.05) is 19.8 Å². The van der Waals surface area contributed by atoms with Gasteiger partial charge in [-0.25, -0.2) is 4.79 Å². The highest BCUT2D eigenvalue weighted by molar-refractivity contribution is 5.93. The van der Waals surface area contributed by atoms with Crippen molar-refractivity contribution < 1.29 is 138 Å². The molecular weight excluding hydrogens is 850 g/mol. The number of carbonyl (C=O) groups is 2. The van der Waals surface area contributed by atoms with Crippen LogP contribution in [0.4, 0.5) is 114 Å². The van der Waals surface area contributed by atoms with Crippen molar-refractivity contribution in [3.8, 4) is 0 Å². The van der Waals surface area contributed by atoms with Crippen LogP contribution < -0.4 is 0 Å². The number of halogens is 26. The van der Waals surface area contributed by atoms with E-state index in [1.807, 2.05) is 0 Å². The SMILES string of the molecule is C=C(CC(=O)OCCC(F)(F)C(F)(F)C(F)(F)C(F)(F)C(F)(F)C(F)(F)F)C(=O)OCCC(F)(F)C(F)(F)C(F)(F)C(F)(F)C(F)(F)C(F)(F)F.CCO. The summed E-state index contributed by atoms with van der Waals surface area (Å²) in [6.07, 6.45) is -23.4. The average molecular weight is 868 g/mol. The maximum Gasteiger partial charge on any atom is 0.460 e. The van der Waals surface area contributed by atoms with Gasteiger partial charge < -0.3 is 14.6 Å². The highest BCUT2D eigenvalue weighted by atomic mass is 19.4. The average Bonchev–Trinajstić information content (AvgIpc) is 2.95. The Labute approximate surface area is 281 Å². The second kappa shape index (κ2) is 16.1. The van der Waals surface area contributed by atoms with Crippen molar-refractivity contribution >= 4 is 11.9 Å². The highest BCUT2D eigenvalue weighted by Gasteiger charge is 2.92. The third-order valence-electron chi connectivity index (χ3n) is 5.97. The number of esters is 2. The topological polar surface area (TPSA) is 72.8 Å². The van der Waals surface area contributed by atoms with Crippen LogP contribution in [0, 0.1) is 0 Å². The van der Waals surface area contributed by atoms with Gasteiger partial charge in [0.05, 0.1) is 32.5 Å². The molecule has 0 aromatic carbocycles. The lowest BCUT2D eigenvalue weighted by Crippen LogP contribution is -2.70. The van der Waals surface area contributed by atoms with Crippen molar-refractivity contribution in [3.63, 3.8) is 0 Å². The molecule has 0 atom stereocenters. The molecule has 0 spiro atoms. The minimum absolute atomic E-state index is 0.250. The van der Waals surface area contributed by atoms with E-state index in [4.69, 9.17) is 5.11 Å². The van der Waals surface area contributed by atoms with Crippen LogP contribution in [0.2, 0.25) is 0 Å². The number of aliphatic hydroxyl groups excluding tert-OH is 1. The Morgan fingerprint density at radius 1 is 0.463 bits per heavy atom. The summed E-state index contributed by atoms with van der Waals surface area (Å²) in [5.74, 6) is -82.6. The van der Waals surface area contributed by atoms with E-state index in [0.717, 1.165) is 0 Å². The van der Waals surface area contributed by atoms with E-state index in [9.17, 15) is 124 Å². The lowest BCUT2D eigenvalue weighted by atomic mass is 9.93. The largest absolute Gasteiger partial charge is 0.465 e. The van der Waals surface area contributed by atoms with Gasteiger partial charge in [0.25, 0.3) is 0 Å². The summed E-state index contributed by atoms with van der Waals surface area (Å²) in [5, 5.41) is 7.57. The van der Waals surface area contributed by atoms with Gasteiger partial charge in [0.1, 0.15) is 0 Å². The van der Waals surface area contributed by atoms with E-state index < -0.39 is 122 Å². The zero-order valence-corrected chi connectivity index (χ0v) is 25.4. The molecule has 0 amide bonds. The standard InChI is InChI=1S/C21H12F26O4.C2H6O/c1-7(9(49)51-5-3-11(24,25)13(28,29)15(32,33)17(36,37)19(40,41)21(45,46)47)6-8(48)50-4-2-10(22,23)12(26,27)14(30,31)16(34,35)18(38,39)20(42,43)44;1-2-3/h1-6H2;3H,2H2,1H3. The molecule has 0 fully saturated rings. The molecule has 31 heteroatoms. The number of hydrogen-bond acceptors (Lipinski definition) is 5. The smallest absolute Gasteiger partial charge is 0.460 e. The highest BCUT2D eigenvalue weighted by Crippen LogP contribution is 2.62. The first-order valence-corrected chi connectivity index (χ1v) is 12.8. The summed E-state index contributed by atoms with van der Waals surface area (Å²) in [5.41, 5.74) is -1.53. The van der Waals surface area contributed by atoms with Crippen LogP contribution >= 0.6 is 0 Å². The summed E-state index contributed by atoms with van der Waals surface area (Å²) in [6.45, 7) is -0.280. The van der Waals surface area contributed by atoms with E-state index in [1.54, 1.807) is 6.92 Å². The van der Waals surface area contributed by atoms with E-state index in [0.29, 0.717) is 0 Å². The molecule has 0 aromatic rings. The molecule has 0 rings (SSSR count). The van der Waals surface area contributed by atoms with Crippen molar-refractivity contribution in [1.82, 2.24) is 0 Å². The van der Waals surface area contributed by atoms with Crippen LogP contribution in [0.5, 0.6) is 0 Å². The van der Waals surface area contributed by atoms with Crippen LogP contribution in [0.1, 0.15) is 26.2 Å². The minimum Gasteiger partial charge on any atom is -0.465 e. The third-order valence-corrected chi connectivity index (χ3v) is 5.97. The Hall–Kier alpha value is -3.18. The molecule has 0 aliphatic rings. The summed E-state index contributed by atoms with van der Waals surface area (Å²) in [4.78, 5) is 23.0. The van der Waals surface area contributed by atoms with Crippen LogP contribution in [-0.2, 0) is 19.1 Å². The second-order valence-electron chi connectivity index (χ2n) is 9.95. The zero-order valence-electron chi connectivity index (χ0n) is 25.4. The molecule has 0 radical (unpaired) electrons. The fraction of sp³-hybridized carbons (Fsp3) is 0.826. The van der Waals surface area contributed by atoms with Gasteiger partial charge in [-0.05, 0) is 6.92 Å². The van der Waals surface area contributed by atoms with Gasteiger partial charge in [-0.3, -0.25) is 4.79 Å². The van der Waals surface area contributed by atoms with Crippen LogP contribution in [-0.4, -0.2) is 108 Å². The quantitative estimate of drug-likeness (QED) is 0.0898. The van der Waals surface area contributed by atoms with Gasteiger partial charge in [-0.2, -0.15) is 114 Å². The third kappa shape index (κ3) is 9.43. The predicted molar refractivity (Wildman–Crippen MR) is 119 cm³/mol. The minimum atomic E-state index is -8.26. The monoisotopic (exact) mass is 868 g/mol. The molecule has 322 valence electrons. The number of hydrogen-bond donors (Lipinski definition) is 1. The van der Waals surface area contributed by atoms with E-state index in [-0.39, 0.29) is 6.61 Å². The van der Waals surface area contributed by atoms with E-state index in [1.165, 1.54) is 0 Å². The maximum absolute atomic E-state index is 13.7. The Morgan fingerprint density at radius 2 is 0.704 bits per heavy atom. The van der Waals surface area contributed by atoms with Crippen LogP contribution in [0.3, 0.4) is 0 Å². The van der Waals surface area contributed by atoms with Gasteiger partial charge in [-0.15, -0.1) is 0 Å². The maximum atomic E-state index is 13.7. The van der Waals surface area contributed by atoms with Crippen molar-refractivity contribution in [1.29, 1.82) is 0 Å². The molecule has 0 unspecified atom stereocenters. The first-order chi connectivity index (χ1) is 23.3. The van der Waals surface area contributed by atoms with Crippen molar-refractivity contribution in [2.24, 2.45) is 0 Å². The fourth-order valence-corrected chi connectivity index (χ4v) is 2.88. The lowest BCUT2D eigenvalue weighted by molar-refractivity contribution is -0.440. The summed E-state index contributed by atoms with van der Waals surface area (Å²) >= 11 is 0. The predicted octanol–water partition coefficient (Wildman–Crippen LogP) is 9.28. The summed E-state index contributed by atoms with van der Waals surface area (Å²) < 4.78 is 346. The summed E-state index contributed by atoms with van der Waals surface area (Å²) in [6, 6.07) is 0. The number of carbonyl (C=O) groups excluding carboxylic acids is 2. The normalized spacial score (nSPS) is 15.0. The summed E-state index contributed by atoms with van der Waals surface area (Å²) in [7, 11) is 0. The van der Waals surface area contributed by atoms with E-state index >= 15 is 0 Å². The number of ether oxygens (including phenoxy) is 2. The van der Waals surface area contributed by atoms with Gasteiger partial charge in [0.15, 0.2) is 0 Å². The molecule has 0 aromatic heterocycles. The molecule has 0 saturated heterocycles. The second-order valence-corrected chi connectivity index (χ2v) is 9.95.